The Hall–Kier alpha value is -3.07. The number of aliphatic imine (C=N–C) groups is 1. The maximum atomic E-state index is 12.9. The summed E-state index contributed by atoms with van der Waals surface area (Å²) < 4.78 is 0. The van der Waals surface area contributed by atoms with Gasteiger partial charge in [-0.05, 0) is 31.6 Å². The molecule has 0 aromatic heterocycles. The molecule has 0 aliphatic heterocycles. The highest BCUT2D eigenvalue weighted by Gasteiger charge is 2.30. The zero-order valence-electron chi connectivity index (χ0n) is 19.9. The van der Waals surface area contributed by atoms with Crippen molar-refractivity contribution in [3.63, 3.8) is 0 Å². The molecule has 0 spiro atoms. The zero-order valence-corrected chi connectivity index (χ0v) is 20.8. The van der Waals surface area contributed by atoms with Crippen LogP contribution in [0.1, 0.15) is 46.0 Å². The molecule has 200 valence electrons. The lowest BCUT2D eigenvalue weighted by atomic mass is 10.0. The van der Waals surface area contributed by atoms with Crippen LogP contribution in [0.15, 0.2) is 4.99 Å². The van der Waals surface area contributed by atoms with E-state index in [0.29, 0.717) is 0 Å². The molecule has 0 aliphatic carbocycles. The molecule has 4 unspecified atom stereocenters. The molecular weight excluding hydrogens is 482 g/mol. The molecule has 11 N–H and O–H groups in total. The highest BCUT2D eigenvalue weighted by Crippen LogP contribution is 2.09. The number of amides is 3. The summed E-state index contributed by atoms with van der Waals surface area (Å²) in [5, 5.41) is 25.7. The molecule has 0 aromatic carbocycles. The predicted molar refractivity (Wildman–Crippen MR) is 131 cm³/mol. The number of carbonyl (C=O) groups excluding carboxylic acids is 3. The molecule has 0 bridgehead atoms. The average molecular weight is 520 g/mol. The number of nitrogens with zero attached hydrogens (tertiary/aromatic N) is 1. The fourth-order valence-electron chi connectivity index (χ4n) is 2.91. The molecule has 0 saturated heterocycles. The lowest BCUT2D eigenvalue weighted by molar-refractivity contribution is -0.142. The summed E-state index contributed by atoms with van der Waals surface area (Å²) in [7, 11) is 0. The maximum Gasteiger partial charge on any atom is 0.326 e. The lowest BCUT2D eigenvalue weighted by Crippen LogP contribution is -2.57. The first-order valence-electron chi connectivity index (χ1n) is 11.1. The average Bonchev–Trinajstić information content (AvgIpc) is 2.76. The number of thiol groups is 1. The predicted octanol–water partition coefficient (Wildman–Crippen LogP) is -2.25. The van der Waals surface area contributed by atoms with Gasteiger partial charge in [-0.3, -0.25) is 24.2 Å². The standard InChI is InChI=1S/C20H37N7O7S/c1-10(2)8-14(18(32)26-13(19(33)34)4-3-7-24-20(22)23)27-17(31)12(5-6-15(28)29)25-16(30)11(21)9-35/h10-14,35H,3-9,21H2,1-2H3,(H,25,30)(H,26,32)(H,27,31)(H,28,29)(H,33,34)(H4,22,23,24). The minimum Gasteiger partial charge on any atom is -0.481 e. The van der Waals surface area contributed by atoms with E-state index in [-0.39, 0.29) is 49.9 Å². The number of nitrogens with two attached hydrogens (primary N) is 3. The third kappa shape index (κ3) is 14.0. The number of carboxylic acid groups (broad SMARTS) is 2. The Morgan fingerprint density at radius 3 is 1.91 bits per heavy atom. The monoisotopic (exact) mass is 519 g/mol. The first-order valence-corrected chi connectivity index (χ1v) is 11.7. The highest BCUT2D eigenvalue weighted by atomic mass is 32.1. The van der Waals surface area contributed by atoms with Crippen molar-refractivity contribution in [2.45, 2.75) is 70.1 Å². The summed E-state index contributed by atoms with van der Waals surface area (Å²) in [4.78, 5) is 64.2. The van der Waals surface area contributed by atoms with E-state index in [4.69, 9.17) is 22.3 Å². The first-order chi connectivity index (χ1) is 16.3. The van der Waals surface area contributed by atoms with Gasteiger partial charge in [0.05, 0.1) is 6.04 Å². The molecule has 0 rings (SSSR count). The summed E-state index contributed by atoms with van der Waals surface area (Å²) in [5.74, 6) is -4.91. The van der Waals surface area contributed by atoms with Gasteiger partial charge < -0.3 is 43.4 Å². The van der Waals surface area contributed by atoms with E-state index >= 15 is 0 Å². The Balaban J connectivity index is 5.47. The largest absolute Gasteiger partial charge is 0.481 e. The number of guanidine groups is 1. The van der Waals surface area contributed by atoms with Crippen LogP contribution in [0.3, 0.4) is 0 Å². The molecule has 0 saturated carbocycles. The Bertz CT molecular complexity index is 775. The molecule has 14 nitrogen and oxygen atoms in total. The summed E-state index contributed by atoms with van der Waals surface area (Å²) >= 11 is 3.92. The number of rotatable bonds is 17. The second-order valence-corrected chi connectivity index (χ2v) is 8.69. The molecule has 0 fully saturated rings. The van der Waals surface area contributed by atoms with Gasteiger partial charge in [-0.15, -0.1) is 0 Å². The van der Waals surface area contributed by atoms with Gasteiger partial charge in [0.15, 0.2) is 5.96 Å². The Morgan fingerprint density at radius 2 is 1.43 bits per heavy atom. The smallest absolute Gasteiger partial charge is 0.326 e. The number of hydrogen-bond donors (Lipinski definition) is 9. The van der Waals surface area contributed by atoms with Crippen molar-refractivity contribution >= 4 is 48.2 Å². The van der Waals surface area contributed by atoms with E-state index in [9.17, 15) is 29.1 Å². The van der Waals surface area contributed by atoms with Gasteiger partial charge in [0, 0.05) is 18.7 Å². The molecule has 4 atom stereocenters. The van der Waals surface area contributed by atoms with Crippen molar-refractivity contribution in [2.75, 3.05) is 12.3 Å². The van der Waals surface area contributed by atoms with E-state index < -0.39 is 60.2 Å². The van der Waals surface area contributed by atoms with E-state index in [0.717, 1.165) is 0 Å². The van der Waals surface area contributed by atoms with Crippen LogP contribution >= 0.6 is 12.6 Å². The molecule has 0 aliphatic rings. The Labute approximate surface area is 209 Å². The molecule has 0 radical (unpaired) electrons. The van der Waals surface area contributed by atoms with Crippen LogP contribution < -0.4 is 33.2 Å². The van der Waals surface area contributed by atoms with Gasteiger partial charge in [-0.25, -0.2) is 4.79 Å². The summed E-state index contributed by atoms with van der Waals surface area (Å²) in [6.45, 7) is 3.77. The van der Waals surface area contributed by atoms with E-state index in [2.05, 4.69) is 33.6 Å². The summed E-state index contributed by atoms with van der Waals surface area (Å²) in [6, 6.07) is -4.69. The van der Waals surface area contributed by atoms with Crippen molar-refractivity contribution in [2.24, 2.45) is 28.1 Å². The topological polar surface area (TPSA) is 252 Å². The molecule has 3 amide bonds. The number of nitrogens with one attached hydrogen (secondary N) is 3. The number of aliphatic carboxylic acids is 2. The van der Waals surface area contributed by atoms with Crippen LogP contribution in [0.4, 0.5) is 0 Å². The van der Waals surface area contributed by atoms with E-state index in [1.807, 2.05) is 0 Å². The summed E-state index contributed by atoms with van der Waals surface area (Å²) in [6.07, 6.45) is -0.186. The second kappa shape index (κ2) is 16.5. The lowest BCUT2D eigenvalue weighted by Gasteiger charge is -2.26. The normalized spacial score (nSPS) is 14.2. The van der Waals surface area contributed by atoms with Crippen molar-refractivity contribution in [1.82, 2.24) is 16.0 Å². The van der Waals surface area contributed by atoms with Gasteiger partial charge in [0.2, 0.25) is 17.7 Å². The molecular formula is C20H37N7O7S. The van der Waals surface area contributed by atoms with Crippen LogP contribution in [-0.2, 0) is 24.0 Å². The van der Waals surface area contributed by atoms with Crippen molar-refractivity contribution in [3.05, 3.63) is 0 Å². The summed E-state index contributed by atoms with van der Waals surface area (Å²) in [5.41, 5.74) is 16.1. The van der Waals surface area contributed by atoms with Gasteiger partial charge in [-0.2, -0.15) is 12.6 Å². The van der Waals surface area contributed by atoms with Gasteiger partial charge in [0.25, 0.3) is 0 Å². The van der Waals surface area contributed by atoms with Gasteiger partial charge >= 0.3 is 11.9 Å². The van der Waals surface area contributed by atoms with Crippen LogP contribution in [0.5, 0.6) is 0 Å². The second-order valence-electron chi connectivity index (χ2n) is 8.32. The van der Waals surface area contributed by atoms with Crippen LogP contribution in [0.25, 0.3) is 0 Å². The van der Waals surface area contributed by atoms with Gasteiger partial charge in [0.1, 0.15) is 18.1 Å². The van der Waals surface area contributed by atoms with Crippen molar-refractivity contribution in [3.8, 4) is 0 Å². The van der Waals surface area contributed by atoms with Crippen molar-refractivity contribution in [1.29, 1.82) is 0 Å². The van der Waals surface area contributed by atoms with E-state index in [1.54, 1.807) is 13.8 Å². The SMILES string of the molecule is CC(C)CC(NC(=O)C(CCC(=O)O)NC(=O)C(N)CS)C(=O)NC(CCCN=C(N)N)C(=O)O. The first kappa shape index (κ1) is 31.9. The molecule has 0 aromatic rings. The highest BCUT2D eigenvalue weighted by molar-refractivity contribution is 7.80. The zero-order chi connectivity index (χ0) is 27.1. The fraction of sp³-hybridized carbons (Fsp3) is 0.700. The number of carbonyl (C=O) groups is 5. The maximum absolute atomic E-state index is 12.9. The number of hydrogen-bond acceptors (Lipinski definition) is 8. The quantitative estimate of drug-likeness (QED) is 0.0431. The van der Waals surface area contributed by atoms with Crippen LogP contribution in [0, 0.1) is 5.92 Å². The third-order valence-electron chi connectivity index (χ3n) is 4.71. The Morgan fingerprint density at radius 1 is 0.886 bits per heavy atom. The fourth-order valence-corrected chi connectivity index (χ4v) is 3.07. The van der Waals surface area contributed by atoms with Crippen LogP contribution in [0.2, 0.25) is 0 Å². The van der Waals surface area contributed by atoms with E-state index in [1.165, 1.54) is 0 Å². The molecule has 15 heteroatoms. The van der Waals surface area contributed by atoms with Crippen molar-refractivity contribution < 1.29 is 34.2 Å². The number of carboxylic acids is 2. The molecule has 35 heavy (non-hydrogen) atoms. The molecule has 0 heterocycles. The Kier molecular flexibility index (Phi) is 15.1. The third-order valence-corrected chi connectivity index (χ3v) is 5.11. The van der Waals surface area contributed by atoms with Crippen LogP contribution in [-0.4, -0.2) is 82.3 Å². The van der Waals surface area contributed by atoms with Gasteiger partial charge in [-0.1, -0.05) is 13.8 Å². The minimum absolute atomic E-state index is 0.00273. The minimum atomic E-state index is -1.28.